The van der Waals surface area contributed by atoms with Gasteiger partial charge >= 0.3 is 12.7 Å². The third-order valence-electron chi connectivity index (χ3n) is 3.59. The average molecular weight is 365 g/mol. The van der Waals surface area contributed by atoms with Crippen molar-refractivity contribution in [3.8, 4) is 5.75 Å². The van der Waals surface area contributed by atoms with Gasteiger partial charge in [-0.3, -0.25) is 10.1 Å². The molecule has 2 rings (SSSR count). The van der Waals surface area contributed by atoms with E-state index >= 15 is 0 Å². The van der Waals surface area contributed by atoms with Crippen LogP contribution in [0.15, 0.2) is 54.6 Å². The fraction of sp³-hybridized carbons (Fsp3) is 0.222. The maximum atomic E-state index is 12.3. The highest BCUT2D eigenvalue weighted by Crippen LogP contribution is 2.22. The summed E-state index contributed by atoms with van der Waals surface area (Å²) in [6, 6.07) is 15.3. The fourth-order valence-electron chi connectivity index (χ4n) is 2.42. The normalized spacial score (nSPS) is 11.7. The molecular weight excluding hydrogens is 346 g/mol. The number of methoxy groups -OCH3 is 1. The fourth-order valence-corrected chi connectivity index (χ4v) is 2.42. The lowest BCUT2D eigenvalue weighted by Crippen LogP contribution is -2.87. The second kappa shape index (κ2) is 9.47. The van der Waals surface area contributed by atoms with Gasteiger partial charge in [-0.2, -0.15) is 8.78 Å². The molecule has 0 bridgehead atoms. The molecule has 2 aromatic rings. The number of halogens is 2. The van der Waals surface area contributed by atoms with Crippen LogP contribution < -0.4 is 15.4 Å². The molecule has 0 heterocycles. The van der Waals surface area contributed by atoms with E-state index in [1.54, 1.807) is 17.4 Å². The Morgan fingerprint density at radius 3 is 2.23 bits per heavy atom. The van der Waals surface area contributed by atoms with E-state index < -0.39 is 18.6 Å². The number of benzene rings is 2. The number of alkyl carbamates (subject to hydrolysis) is 1. The summed E-state index contributed by atoms with van der Waals surface area (Å²) in [4.78, 5) is 22.9. The Bertz CT molecular complexity index is 724. The van der Waals surface area contributed by atoms with Gasteiger partial charge in [-0.05, 0) is 24.3 Å². The number of amides is 2. The first kappa shape index (κ1) is 19.3. The summed E-state index contributed by atoms with van der Waals surface area (Å²) in [6.45, 7) is -2.91. The summed E-state index contributed by atoms with van der Waals surface area (Å²) in [7, 11) is 1.17. The SMILES string of the molecule is COC(=O)NC(=O)C[NH2+][C@H](c1ccccc1)c1ccc(OC(F)F)cc1. The third-order valence-corrected chi connectivity index (χ3v) is 3.59. The molecule has 2 aromatic carbocycles. The number of ether oxygens (including phenoxy) is 2. The predicted octanol–water partition coefficient (Wildman–Crippen LogP) is 1.82. The maximum Gasteiger partial charge on any atom is 0.413 e. The van der Waals surface area contributed by atoms with Crippen molar-refractivity contribution in [3.05, 3.63) is 65.7 Å². The van der Waals surface area contributed by atoms with Crippen LogP contribution in [0.4, 0.5) is 13.6 Å². The van der Waals surface area contributed by atoms with Gasteiger partial charge in [0.25, 0.3) is 5.91 Å². The molecule has 2 amide bonds. The van der Waals surface area contributed by atoms with E-state index in [0.717, 1.165) is 11.1 Å². The third kappa shape index (κ3) is 5.82. The first-order chi connectivity index (χ1) is 12.5. The van der Waals surface area contributed by atoms with Crippen molar-refractivity contribution in [3.63, 3.8) is 0 Å². The van der Waals surface area contributed by atoms with Crippen LogP contribution in [0.2, 0.25) is 0 Å². The summed E-state index contributed by atoms with van der Waals surface area (Å²) in [5, 5.41) is 3.82. The van der Waals surface area contributed by atoms with Crippen molar-refractivity contribution in [1.82, 2.24) is 5.32 Å². The van der Waals surface area contributed by atoms with Crippen molar-refractivity contribution >= 4 is 12.0 Å². The van der Waals surface area contributed by atoms with Gasteiger partial charge in [-0.25, -0.2) is 4.79 Å². The monoisotopic (exact) mass is 365 g/mol. The first-order valence-corrected chi connectivity index (χ1v) is 7.80. The molecule has 0 aliphatic rings. The minimum atomic E-state index is -2.89. The lowest BCUT2D eigenvalue weighted by Gasteiger charge is -2.17. The molecule has 8 heteroatoms. The van der Waals surface area contributed by atoms with Crippen LogP contribution in [0.5, 0.6) is 5.75 Å². The zero-order valence-electron chi connectivity index (χ0n) is 14.0. The van der Waals surface area contributed by atoms with Gasteiger partial charge in [0.05, 0.1) is 7.11 Å². The van der Waals surface area contributed by atoms with Crippen LogP contribution in [-0.4, -0.2) is 32.3 Å². The second-order valence-electron chi connectivity index (χ2n) is 5.32. The Hall–Kier alpha value is -3.00. The van der Waals surface area contributed by atoms with Crippen molar-refractivity contribution in [2.75, 3.05) is 13.7 Å². The van der Waals surface area contributed by atoms with E-state index in [-0.39, 0.29) is 18.3 Å². The Morgan fingerprint density at radius 1 is 1.04 bits per heavy atom. The molecule has 0 aromatic heterocycles. The van der Waals surface area contributed by atoms with Gasteiger partial charge in [-0.15, -0.1) is 0 Å². The Morgan fingerprint density at radius 2 is 1.65 bits per heavy atom. The molecule has 0 aliphatic carbocycles. The second-order valence-corrected chi connectivity index (χ2v) is 5.32. The van der Waals surface area contributed by atoms with Crippen LogP contribution >= 0.6 is 0 Å². The van der Waals surface area contributed by atoms with E-state index in [2.05, 4.69) is 14.8 Å². The van der Waals surface area contributed by atoms with E-state index in [0.29, 0.717) is 0 Å². The smallest absolute Gasteiger partial charge is 0.413 e. The summed E-state index contributed by atoms with van der Waals surface area (Å²) >= 11 is 0. The van der Waals surface area contributed by atoms with Gasteiger partial charge in [0.1, 0.15) is 11.8 Å². The number of carbonyl (C=O) groups is 2. The standard InChI is InChI=1S/C18H18F2N2O4/c1-25-18(24)22-15(23)11-21-16(12-5-3-2-4-6-12)13-7-9-14(10-8-13)26-17(19)20/h2-10,16-17,21H,11H2,1H3,(H,22,23,24)/p+1/t16-/m1/s1. The van der Waals surface area contributed by atoms with Gasteiger partial charge in [0, 0.05) is 11.1 Å². The largest absolute Gasteiger partial charge is 0.453 e. The zero-order chi connectivity index (χ0) is 18.9. The van der Waals surface area contributed by atoms with Crippen LogP contribution in [0.1, 0.15) is 17.2 Å². The molecule has 1 atom stereocenters. The molecular formula is C18H19F2N2O4+. The molecule has 0 radical (unpaired) electrons. The zero-order valence-corrected chi connectivity index (χ0v) is 14.0. The Labute approximate surface area is 149 Å². The maximum absolute atomic E-state index is 12.3. The number of alkyl halides is 2. The molecule has 0 spiro atoms. The molecule has 138 valence electrons. The van der Waals surface area contributed by atoms with Crippen LogP contribution in [0, 0.1) is 0 Å². The molecule has 3 N–H and O–H groups in total. The highest BCUT2D eigenvalue weighted by atomic mass is 19.3. The lowest BCUT2D eigenvalue weighted by molar-refractivity contribution is -0.676. The van der Waals surface area contributed by atoms with Gasteiger partial charge in [-0.1, -0.05) is 30.3 Å². The minimum Gasteiger partial charge on any atom is -0.453 e. The van der Waals surface area contributed by atoms with E-state index in [9.17, 15) is 18.4 Å². The number of quaternary nitrogens is 1. The quantitative estimate of drug-likeness (QED) is 0.784. The van der Waals surface area contributed by atoms with E-state index in [1.807, 2.05) is 30.3 Å². The molecule has 26 heavy (non-hydrogen) atoms. The number of hydrogen-bond donors (Lipinski definition) is 2. The Kier molecular flexibility index (Phi) is 7.04. The van der Waals surface area contributed by atoms with Crippen molar-refractivity contribution < 1.29 is 33.2 Å². The first-order valence-electron chi connectivity index (χ1n) is 7.80. The van der Waals surface area contributed by atoms with Gasteiger partial charge in [0.2, 0.25) is 0 Å². The van der Waals surface area contributed by atoms with Crippen molar-refractivity contribution in [2.45, 2.75) is 12.7 Å². The lowest BCUT2D eigenvalue weighted by atomic mass is 9.98. The van der Waals surface area contributed by atoms with Crippen LogP contribution in [-0.2, 0) is 9.53 Å². The summed E-state index contributed by atoms with van der Waals surface area (Å²) < 4.78 is 33.3. The van der Waals surface area contributed by atoms with E-state index in [1.165, 1.54) is 19.2 Å². The van der Waals surface area contributed by atoms with Gasteiger partial charge in [0.15, 0.2) is 6.54 Å². The Balaban J connectivity index is 2.14. The molecule has 0 saturated carbocycles. The van der Waals surface area contributed by atoms with Crippen molar-refractivity contribution in [2.24, 2.45) is 0 Å². The average Bonchev–Trinajstić information content (AvgIpc) is 2.63. The summed E-state index contributed by atoms with van der Waals surface area (Å²) in [6.07, 6.45) is -0.826. The van der Waals surface area contributed by atoms with E-state index in [4.69, 9.17) is 0 Å². The highest BCUT2D eigenvalue weighted by molar-refractivity contribution is 5.92. The minimum absolute atomic E-state index is 0.0239. The number of carbonyl (C=O) groups excluding carboxylic acids is 2. The number of nitrogens with one attached hydrogen (secondary N) is 1. The molecule has 0 unspecified atom stereocenters. The predicted molar refractivity (Wildman–Crippen MR) is 88.7 cm³/mol. The molecule has 6 nitrogen and oxygen atoms in total. The van der Waals surface area contributed by atoms with Crippen LogP contribution in [0.25, 0.3) is 0 Å². The van der Waals surface area contributed by atoms with Crippen LogP contribution in [0.3, 0.4) is 0 Å². The number of hydrogen-bond acceptors (Lipinski definition) is 4. The number of imide groups is 1. The molecule has 0 fully saturated rings. The molecule has 0 aliphatic heterocycles. The topological polar surface area (TPSA) is 81.2 Å². The van der Waals surface area contributed by atoms with Crippen molar-refractivity contribution in [1.29, 1.82) is 0 Å². The summed E-state index contributed by atoms with van der Waals surface area (Å²) in [5.41, 5.74) is 1.71. The summed E-state index contributed by atoms with van der Waals surface area (Å²) in [5.74, 6) is -0.450. The number of nitrogens with two attached hydrogens (primary N) is 1. The van der Waals surface area contributed by atoms with Gasteiger partial charge < -0.3 is 14.8 Å². The highest BCUT2D eigenvalue weighted by Gasteiger charge is 2.20. The number of rotatable bonds is 7. The molecule has 0 saturated heterocycles.